The predicted octanol–water partition coefficient (Wildman–Crippen LogP) is 2.99. The molecule has 2 nitrogen and oxygen atoms in total. The van der Waals surface area contributed by atoms with Gasteiger partial charge in [0.1, 0.15) is 5.78 Å². The largest absolute Gasteiger partial charge is 0.373 e. The lowest BCUT2D eigenvalue weighted by Gasteiger charge is -2.10. The Hall–Kier alpha value is -0.790. The smallest absolute Gasteiger partial charge is 0.148 e. The Morgan fingerprint density at radius 1 is 1.29 bits per heavy atom. The summed E-state index contributed by atoms with van der Waals surface area (Å²) in [5, 5.41) is 0. The Morgan fingerprint density at radius 2 is 2.00 bits per heavy atom. The van der Waals surface area contributed by atoms with Gasteiger partial charge in [-0.2, -0.15) is 0 Å². The van der Waals surface area contributed by atoms with Gasteiger partial charge < -0.3 is 4.90 Å². The van der Waals surface area contributed by atoms with Gasteiger partial charge >= 0.3 is 0 Å². The van der Waals surface area contributed by atoms with Crippen LogP contribution in [-0.4, -0.2) is 24.3 Å². The molecular formula is C12H23NO. The summed E-state index contributed by atoms with van der Waals surface area (Å²) in [6, 6.07) is 0. The molecule has 0 amide bonds. The number of unbranched alkanes of at least 4 members (excludes halogenated alkanes) is 4. The Morgan fingerprint density at radius 3 is 2.57 bits per heavy atom. The maximum Gasteiger partial charge on any atom is 0.148 e. The second-order valence-electron chi connectivity index (χ2n) is 3.85. The van der Waals surface area contributed by atoms with E-state index in [0.717, 1.165) is 6.42 Å². The maximum atomic E-state index is 10.8. The Bertz CT molecular complexity index is 175. The molecule has 0 fully saturated rings. The first kappa shape index (κ1) is 13.2. The third kappa shape index (κ3) is 9.30. The van der Waals surface area contributed by atoms with Crippen molar-refractivity contribution in [2.75, 3.05) is 13.6 Å². The SMILES string of the molecule is CCCCCC/C=C\N(C)CC(C)=O. The molecule has 0 aliphatic heterocycles. The van der Waals surface area contributed by atoms with Crippen LogP contribution < -0.4 is 0 Å². The molecule has 0 aliphatic rings. The number of rotatable bonds is 8. The summed E-state index contributed by atoms with van der Waals surface area (Å²) in [5.41, 5.74) is 0. The van der Waals surface area contributed by atoms with E-state index in [1.54, 1.807) is 6.92 Å². The van der Waals surface area contributed by atoms with E-state index in [-0.39, 0.29) is 5.78 Å². The fraction of sp³-hybridized carbons (Fsp3) is 0.750. The average molecular weight is 197 g/mol. The molecule has 0 aromatic heterocycles. The molecule has 14 heavy (non-hydrogen) atoms. The van der Waals surface area contributed by atoms with Gasteiger partial charge in [-0.3, -0.25) is 4.79 Å². The number of nitrogens with zero attached hydrogens (tertiary/aromatic N) is 1. The van der Waals surface area contributed by atoms with Crippen molar-refractivity contribution in [1.29, 1.82) is 0 Å². The summed E-state index contributed by atoms with van der Waals surface area (Å²) in [5.74, 6) is 0.211. The van der Waals surface area contributed by atoms with Crippen LogP contribution in [0.15, 0.2) is 12.3 Å². The highest BCUT2D eigenvalue weighted by molar-refractivity contribution is 5.77. The Kier molecular flexibility index (Phi) is 8.30. The van der Waals surface area contributed by atoms with Crippen molar-refractivity contribution in [3.8, 4) is 0 Å². The average Bonchev–Trinajstić information content (AvgIpc) is 2.10. The lowest BCUT2D eigenvalue weighted by atomic mass is 10.1. The van der Waals surface area contributed by atoms with Crippen molar-refractivity contribution in [1.82, 2.24) is 4.90 Å². The lowest BCUT2D eigenvalue weighted by Crippen LogP contribution is -2.18. The molecule has 0 aromatic carbocycles. The topological polar surface area (TPSA) is 20.3 Å². The molecule has 0 spiro atoms. The van der Waals surface area contributed by atoms with Crippen LogP contribution in [0.2, 0.25) is 0 Å². The van der Waals surface area contributed by atoms with Crippen molar-refractivity contribution < 1.29 is 4.79 Å². The number of ketones is 1. The maximum absolute atomic E-state index is 10.8. The fourth-order valence-electron chi connectivity index (χ4n) is 1.35. The van der Waals surface area contributed by atoms with Crippen LogP contribution in [0, 0.1) is 0 Å². The minimum Gasteiger partial charge on any atom is -0.373 e. The molecule has 2 heteroatoms. The van der Waals surface area contributed by atoms with Crippen LogP contribution in [0.5, 0.6) is 0 Å². The van der Waals surface area contributed by atoms with E-state index in [4.69, 9.17) is 0 Å². The first-order chi connectivity index (χ1) is 6.66. The number of hydrogen-bond donors (Lipinski definition) is 0. The highest BCUT2D eigenvalue weighted by Gasteiger charge is 1.94. The molecule has 0 aromatic rings. The number of allylic oxidation sites excluding steroid dienone is 1. The molecule has 0 atom stereocenters. The molecule has 82 valence electrons. The minimum absolute atomic E-state index is 0.211. The van der Waals surface area contributed by atoms with Crippen molar-refractivity contribution in [3.63, 3.8) is 0 Å². The molecule has 0 aliphatic carbocycles. The van der Waals surface area contributed by atoms with Crippen molar-refractivity contribution >= 4 is 5.78 Å². The van der Waals surface area contributed by atoms with Crippen LogP contribution in [0.3, 0.4) is 0 Å². The first-order valence-corrected chi connectivity index (χ1v) is 5.53. The zero-order chi connectivity index (χ0) is 10.8. The van der Waals surface area contributed by atoms with E-state index in [9.17, 15) is 4.79 Å². The van der Waals surface area contributed by atoms with Gasteiger partial charge in [0.15, 0.2) is 0 Å². The van der Waals surface area contributed by atoms with Crippen LogP contribution >= 0.6 is 0 Å². The van der Waals surface area contributed by atoms with Gasteiger partial charge in [-0.25, -0.2) is 0 Å². The fourth-order valence-corrected chi connectivity index (χ4v) is 1.35. The van der Waals surface area contributed by atoms with Crippen LogP contribution in [0.25, 0.3) is 0 Å². The molecule has 0 rings (SSSR count). The third-order valence-corrected chi connectivity index (χ3v) is 2.06. The first-order valence-electron chi connectivity index (χ1n) is 5.53. The molecular weight excluding hydrogens is 174 g/mol. The molecule has 0 N–H and O–H groups in total. The summed E-state index contributed by atoms with van der Waals surface area (Å²) < 4.78 is 0. The molecule has 0 radical (unpaired) electrons. The monoisotopic (exact) mass is 197 g/mol. The normalized spacial score (nSPS) is 10.8. The summed E-state index contributed by atoms with van der Waals surface area (Å²) in [6.07, 6.45) is 10.5. The number of hydrogen-bond acceptors (Lipinski definition) is 2. The van der Waals surface area contributed by atoms with Crippen molar-refractivity contribution in [2.45, 2.75) is 46.0 Å². The minimum atomic E-state index is 0.211. The van der Waals surface area contributed by atoms with Gasteiger partial charge in [0.05, 0.1) is 6.54 Å². The number of carbonyl (C=O) groups is 1. The number of likely N-dealkylation sites (N-methyl/N-ethyl adjacent to an activating group) is 1. The van der Waals surface area contributed by atoms with E-state index < -0.39 is 0 Å². The molecule has 0 unspecified atom stereocenters. The molecule has 0 saturated carbocycles. The third-order valence-electron chi connectivity index (χ3n) is 2.06. The van der Waals surface area contributed by atoms with Crippen LogP contribution in [0.4, 0.5) is 0 Å². The van der Waals surface area contributed by atoms with Gasteiger partial charge in [0.2, 0.25) is 0 Å². The quantitative estimate of drug-likeness (QED) is 0.557. The zero-order valence-corrected chi connectivity index (χ0v) is 9.75. The van der Waals surface area contributed by atoms with E-state index in [1.165, 1.54) is 25.7 Å². The van der Waals surface area contributed by atoms with Crippen molar-refractivity contribution in [2.24, 2.45) is 0 Å². The lowest BCUT2D eigenvalue weighted by molar-refractivity contribution is -0.117. The van der Waals surface area contributed by atoms with Crippen LogP contribution in [-0.2, 0) is 4.79 Å². The summed E-state index contributed by atoms with van der Waals surface area (Å²) in [4.78, 5) is 12.7. The van der Waals surface area contributed by atoms with E-state index >= 15 is 0 Å². The molecule has 0 bridgehead atoms. The second-order valence-corrected chi connectivity index (χ2v) is 3.85. The summed E-state index contributed by atoms with van der Waals surface area (Å²) in [6.45, 7) is 4.35. The van der Waals surface area contributed by atoms with Gasteiger partial charge in [0, 0.05) is 7.05 Å². The standard InChI is InChI=1S/C12H23NO/c1-4-5-6-7-8-9-10-13(3)11-12(2)14/h9-10H,4-8,11H2,1-3H3/b10-9-. The van der Waals surface area contributed by atoms with Gasteiger partial charge in [0.25, 0.3) is 0 Å². The Labute approximate surface area is 88.0 Å². The highest BCUT2D eigenvalue weighted by atomic mass is 16.1. The van der Waals surface area contributed by atoms with Gasteiger partial charge in [-0.1, -0.05) is 32.3 Å². The predicted molar refractivity (Wildman–Crippen MR) is 61.2 cm³/mol. The van der Waals surface area contributed by atoms with E-state index in [0.29, 0.717) is 6.54 Å². The summed E-state index contributed by atoms with van der Waals surface area (Å²) in [7, 11) is 1.93. The Balaban J connectivity index is 3.37. The highest BCUT2D eigenvalue weighted by Crippen LogP contribution is 2.03. The molecule has 0 saturated heterocycles. The van der Waals surface area contributed by atoms with E-state index in [1.807, 2.05) is 18.1 Å². The van der Waals surface area contributed by atoms with Gasteiger partial charge in [-0.05, 0) is 26.0 Å². The van der Waals surface area contributed by atoms with Gasteiger partial charge in [-0.15, -0.1) is 0 Å². The van der Waals surface area contributed by atoms with E-state index in [2.05, 4.69) is 13.0 Å². The van der Waals surface area contributed by atoms with Crippen molar-refractivity contribution in [3.05, 3.63) is 12.3 Å². The second kappa shape index (κ2) is 8.79. The number of carbonyl (C=O) groups excluding carboxylic acids is 1. The zero-order valence-electron chi connectivity index (χ0n) is 9.75. The van der Waals surface area contributed by atoms with Crippen LogP contribution in [0.1, 0.15) is 46.0 Å². The summed E-state index contributed by atoms with van der Waals surface area (Å²) >= 11 is 0. The number of Topliss-reactive ketones (excluding diaryl/α,β-unsaturated/α-hetero) is 1. The molecule has 0 heterocycles.